The minimum absolute atomic E-state index is 0.0581. The van der Waals surface area contributed by atoms with Gasteiger partial charge in [0.25, 0.3) is 0 Å². The van der Waals surface area contributed by atoms with Crippen molar-refractivity contribution in [3.63, 3.8) is 0 Å². The zero-order chi connectivity index (χ0) is 13.9. The molecular weight excluding hydrogens is 240 g/mol. The van der Waals surface area contributed by atoms with E-state index in [0.29, 0.717) is 12.2 Å². The number of carbonyl (C=O) groups is 2. The van der Waals surface area contributed by atoms with Gasteiger partial charge in [-0.05, 0) is 29.5 Å². The second-order valence-corrected chi connectivity index (χ2v) is 6.11. The molecule has 100 valence electrons. The molecule has 1 heterocycles. The van der Waals surface area contributed by atoms with Crippen LogP contribution in [0.3, 0.4) is 0 Å². The van der Waals surface area contributed by atoms with E-state index >= 15 is 0 Å². The highest BCUT2D eigenvalue weighted by Crippen LogP contribution is 2.63. The summed E-state index contributed by atoms with van der Waals surface area (Å²) >= 11 is 0. The fourth-order valence-electron chi connectivity index (χ4n) is 3.21. The number of nitrogens with two attached hydrogens (primary N) is 1. The van der Waals surface area contributed by atoms with Crippen molar-refractivity contribution in [3.05, 3.63) is 29.3 Å². The van der Waals surface area contributed by atoms with Gasteiger partial charge in [-0.2, -0.15) is 0 Å². The zero-order valence-corrected chi connectivity index (χ0v) is 11.4. The van der Waals surface area contributed by atoms with Crippen LogP contribution in [0.2, 0.25) is 0 Å². The average molecular weight is 258 g/mol. The maximum atomic E-state index is 12.4. The van der Waals surface area contributed by atoms with Gasteiger partial charge in [-0.15, -0.1) is 0 Å². The van der Waals surface area contributed by atoms with Crippen molar-refractivity contribution in [1.82, 2.24) is 0 Å². The molecule has 1 aliphatic heterocycles. The van der Waals surface area contributed by atoms with Gasteiger partial charge in [0, 0.05) is 6.54 Å². The summed E-state index contributed by atoms with van der Waals surface area (Å²) in [4.78, 5) is 26.2. The van der Waals surface area contributed by atoms with Crippen LogP contribution in [0.1, 0.15) is 25.0 Å². The highest BCUT2D eigenvalue weighted by molar-refractivity contribution is 6.26. The number of aryl methyl sites for hydroxylation is 1. The highest BCUT2D eigenvalue weighted by Gasteiger charge is 2.72. The smallest absolute Gasteiger partial charge is 0.238 e. The first-order chi connectivity index (χ1) is 8.89. The lowest BCUT2D eigenvalue weighted by atomic mass is 10.0. The molecule has 2 atom stereocenters. The zero-order valence-electron chi connectivity index (χ0n) is 11.4. The molecule has 3 rings (SSSR count). The third kappa shape index (κ3) is 1.49. The number of amides is 2. The summed E-state index contributed by atoms with van der Waals surface area (Å²) in [6.07, 6.45) is 0. The number of hydrogen-bond acceptors (Lipinski definition) is 3. The largest absolute Gasteiger partial charge is 0.326 e. The molecule has 2 amide bonds. The maximum absolute atomic E-state index is 12.4. The Labute approximate surface area is 112 Å². The van der Waals surface area contributed by atoms with Gasteiger partial charge >= 0.3 is 0 Å². The van der Waals surface area contributed by atoms with Crippen LogP contribution in [0.5, 0.6) is 0 Å². The van der Waals surface area contributed by atoms with E-state index in [1.165, 1.54) is 4.90 Å². The standard InChI is InChI=1S/C15H18N2O2/c1-8-4-5-9(7-16)6-10(8)17-13(18)11-12(14(17)19)15(11,2)3/h4-6,11-12H,7,16H2,1-3H3. The normalized spacial score (nSPS) is 27.7. The van der Waals surface area contributed by atoms with Crippen LogP contribution in [-0.2, 0) is 16.1 Å². The number of hydrogen-bond donors (Lipinski definition) is 1. The number of benzene rings is 1. The molecule has 4 heteroatoms. The lowest BCUT2D eigenvalue weighted by molar-refractivity contribution is -0.125. The van der Waals surface area contributed by atoms with Crippen molar-refractivity contribution in [2.24, 2.45) is 23.0 Å². The first-order valence-corrected chi connectivity index (χ1v) is 6.57. The lowest BCUT2D eigenvalue weighted by Crippen LogP contribution is -2.36. The first-order valence-electron chi connectivity index (χ1n) is 6.57. The Balaban J connectivity index is 2.01. The van der Waals surface area contributed by atoms with Crippen LogP contribution in [-0.4, -0.2) is 11.8 Å². The second kappa shape index (κ2) is 3.67. The van der Waals surface area contributed by atoms with Crippen molar-refractivity contribution in [1.29, 1.82) is 0 Å². The maximum Gasteiger partial charge on any atom is 0.238 e. The first kappa shape index (κ1) is 12.4. The molecule has 0 spiro atoms. The fraction of sp³-hybridized carbons (Fsp3) is 0.467. The van der Waals surface area contributed by atoms with E-state index in [0.717, 1.165) is 11.1 Å². The van der Waals surface area contributed by atoms with Crippen LogP contribution in [0.25, 0.3) is 0 Å². The Hall–Kier alpha value is -1.68. The molecule has 2 fully saturated rings. The molecule has 1 saturated heterocycles. The van der Waals surface area contributed by atoms with Crippen LogP contribution >= 0.6 is 0 Å². The van der Waals surface area contributed by atoms with E-state index in [-0.39, 0.29) is 29.1 Å². The second-order valence-electron chi connectivity index (χ2n) is 6.11. The summed E-state index contributed by atoms with van der Waals surface area (Å²) in [5.41, 5.74) is 8.02. The Bertz CT molecular complexity index is 568. The van der Waals surface area contributed by atoms with Gasteiger partial charge in [0.1, 0.15) is 0 Å². The van der Waals surface area contributed by atoms with Gasteiger partial charge in [0.15, 0.2) is 0 Å². The van der Waals surface area contributed by atoms with Gasteiger partial charge < -0.3 is 5.73 Å². The third-order valence-corrected chi connectivity index (χ3v) is 4.55. The van der Waals surface area contributed by atoms with Gasteiger partial charge in [-0.3, -0.25) is 9.59 Å². The summed E-state index contributed by atoms with van der Waals surface area (Å²) in [5.74, 6) is -0.392. The number of piperidine rings is 1. The van der Waals surface area contributed by atoms with Crippen LogP contribution < -0.4 is 10.6 Å². The molecule has 4 nitrogen and oxygen atoms in total. The molecule has 19 heavy (non-hydrogen) atoms. The van der Waals surface area contributed by atoms with Gasteiger partial charge in [0.2, 0.25) is 11.8 Å². The van der Waals surface area contributed by atoms with Crippen molar-refractivity contribution in [2.45, 2.75) is 27.3 Å². The number of rotatable bonds is 2. The van der Waals surface area contributed by atoms with E-state index in [9.17, 15) is 9.59 Å². The number of carbonyl (C=O) groups excluding carboxylic acids is 2. The quantitative estimate of drug-likeness (QED) is 0.819. The Morgan fingerprint density at radius 3 is 2.32 bits per heavy atom. The molecule has 0 radical (unpaired) electrons. The van der Waals surface area contributed by atoms with Gasteiger partial charge in [-0.1, -0.05) is 26.0 Å². The summed E-state index contributed by atoms with van der Waals surface area (Å²) in [5, 5.41) is 0. The SMILES string of the molecule is Cc1ccc(CN)cc1N1C(=O)C2C(C1=O)C2(C)C. The molecule has 2 unspecified atom stereocenters. The molecule has 2 N–H and O–H groups in total. The predicted octanol–water partition coefficient (Wildman–Crippen LogP) is 1.60. The highest BCUT2D eigenvalue weighted by atomic mass is 16.2. The van der Waals surface area contributed by atoms with Gasteiger partial charge in [-0.25, -0.2) is 4.90 Å². The van der Waals surface area contributed by atoms with E-state index in [2.05, 4.69) is 0 Å². The molecule has 0 aromatic heterocycles. The molecule has 0 bridgehead atoms. The van der Waals surface area contributed by atoms with E-state index in [1.54, 1.807) is 0 Å². The number of anilines is 1. The molecule has 1 aromatic rings. The number of nitrogens with zero attached hydrogens (tertiary/aromatic N) is 1. The Morgan fingerprint density at radius 1 is 1.21 bits per heavy atom. The van der Waals surface area contributed by atoms with Crippen molar-refractivity contribution >= 4 is 17.5 Å². The van der Waals surface area contributed by atoms with E-state index < -0.39 is 0 Å². The summed E-state index contributed by atoms with van der Waals surface area (Å²) < 4.78 is 0. The minimum Gasteiger partial charge on any atom is -0.326 e. The predicted molar refractivity (Wildman–Crippen MR) is 72.3 cm³/mol. The molecule has 2 aliphatic rings. The molecular formula is C15H18N2O2. The summed E-state index contributed by atoms with van der Waals surface area (Å²) in [6.45, 7) is 6.28. The summed E-state index contributed by atoms with van der Waals surface area (Å²) in [7, 11) is 0. The minimum atomic E-state index is -0.163. The molecule has 1 aliphatic carbocycles. The molecule has 1 aromatic carbocycles. The number of imide groups is 1. The Morgan fingerprint density at radius 2 is 1.79 bits per heavy atom. The summed E-state index contributed by atoms with van der Waals surface area (Å²) in [6, 6.07) is 5.69. The van der Waals surface area contributed by atoms with Crippen molar-refractivity contribution in [2.75, 3.05) is 4.90 Å². The fourth-order valence-corrected chi connectivity index (χ4v) is 3.21. The van der Waals surface area contributed by atoms with Crippen molar-refractivity contribution < 1.29 is 9.59 Å². The van der Waals surface area contributed by atoms with Crippen LogP contribution in [0.4, 0.5) is 5.69 Å². The third-order valence-electron chi connectivity index (χ3n) is 4.55. The van der Waals surface area contributed by atoms with Gasteiger partial charge in [0.05, 0.1) is 17.5 Å². The Kier molecular flexibility index (Phi) is 2.39. The van der Waals surface area contributed by atoms with E-state index in [1.807, 2.05) is 39.0 Å². The molecule has 1 saturated carbocycles. The number of fused-ring (bicyclic) bond motifs is 1. The average Bonchev–Trinajstić information content (AvgIpc) is 2.82. The van der Waals surface area contributed by atoms with Crippen molar-refractivity contribution in [3.8, 4) is 0 Å². The topological polar surface area (TPSA) is 63.4 Å². The van der Waals surface area contributed by atoms with Crippen LogP contribution in [0, 0.1) is 24.2 Å². The van der Waals surface area contributed by atoms with Crippen LogP contribution in [0.15, 0.2) is 18.2 Å². The van der Waals surface area contributed by atoms with E-state index in [4.69, 9.17) is 5.73 Å². The lowest BCUT2D eigenvalue weighted by Gasteiger charge is -2.22. The monoisotopic (exact) mass is 258 g/mol.